The van der Waals surface area contributed by atoms with Crippen LogP contribution in [0.15, 0.2) is 45.6 Å². The Hall–Kier alpha value is -0.780. The van der Waals surface area contributed by atoms with Gasteiger partial charge in [0, 0.05) is 28.1 Å². The first-order valence-corrected chi connectivity index (χ1v) is 8.77. The molecule has 0 bridgehead atoms. The maximum Gasteiger partial charge on any atom is 0.251 e. The lowest BCUT2D eigenvalue weighted by atomic mass is 10.2. The predicted molar refractivity (Wildman–Crippen MR) is 87.0 cm³/mol. The number of halogens is 1. The van der Waals surface area contributed by atoms with Gasteiger partial charge >= 0.3 is 0 Å². The van der Waals surface area contributed by atoms with E-state index >= 15 is 0 Å². The third-order valence-corrected chi connectivity index (χ3v) is 4.78. The van der Waals surface area contributed by atoms with Crippen molar-refractivity contribution in [2.45, 2.75) is 5.75 Å². The van der Waals surface area contributed by atoms with Gasteiger partial charge in [0.05, 0.1) is 0 Å². The monoisotopic (exact) mass is 355 g/mol. The number of carbonyl (C=O) groups excluding carboxylic acids is 1. The minimum absolute atomic E-state index is 0.0105. The van der Waals surface area contributed by atoms with E-state index in [1.54, 1.807) is 11.3 Å². The molecule has 0 saturated carbocycles. The molecule has 2 rings (SSSR count). The maximum absolute atomic E-state index is 11.8. The lowest BCUT2D eigenvalue weighted by molar-refractivity contribution is 0.0956. The smallest absolute Gasteiger partial charge is 0.251 e. The number of nitrogens with one attached hydrogen (secondary N) is 1. The van der Waals surface area contributed by atoms with Crippen LogP contribution in [0.1, 0.15) is 15.9 Å². The zero-order valence-electron chi connectivity index (χ0n) is 10.3. The molecule has 0 aliphatic heterocycles. The van der Waals surface area contributed by atoms with Crippen LogP contribution in [0.5, 0.6) is 0 Å². The number of thiophene rings is 1. The molecule has 1 heterocycles. The molecule has 100 valence electrons. The van der Waals surface area contributed by atoms with Gasteiger partial charge in [-0.2, -0.15) is 23.1 Å². The second kappa shape index (κ2) is 7.72. The van der Waals surface area contributed by atoms with E-state index in [1.165, 1.54) is 5.56 Å². The second-order valence-electron chi connectivity index (χ2n) is 3.95. The van der Waals surface area contributed by atoms with Gasteiger partial charge in [0.2, 0.25) is 0 Å². The average molecular weight is 356 g/mol. The Morgan fingerprint density at radius 2 is 2.05 bits per heavy atom. The van der Waals surface area contributed by atoms with E-state index in [2.05, 4.69) is 38.1 Å². The standard InChI is InChI=1S/C14H14BrNOS2/c15-13-3-1-12(2-4-13)14(17)16-6-8-19-10-11-5-7-18-9-11/h1-5,7,9H,6,8,10H2,(H,16,17). The Bertz CT molecular complexity index is 511. The molecule has 1 N–H and O–H groups in total. The van der Waals surface area contributed by atoms with Crippen LogP contribution >= 0.6 is 39.0 Å². The molecular weight excluding hydrogens is 342 g/mol. The lowest BCUT2D eigenvalue weighted by Gasteiger charge is -2.05. The highest BCUT2D eigenvalue weighted by Crippen LogP contribution is 2.14. The predicted octanol–water partition coefficient (Wildman–Crippen LogP) is 4.17. The summed E-state index contributed by atoms with van der Waals surface area (Å²) in [6.07, 6.45) is 0. The van der Waals surface area contributed by atoms with Crippen molar-refractivity contribution in [2.75, 3.05) is 12.3 Å². The molecule has 1 aromatic carbocycles. The maximum atomic E-state index is 11.8. The fraction of sp³-hybridized carbons (Fsp3) is 0.214. The van der Waals surface area contributed by atoms with Crippen molar-refractivity contribution in [3.63, 3.8) is 0 Å². The highest BCUT2D eigenvalue weighted by atomic mass is 79.9. The molecule has 0 radical (unpaired) electrons. The van der Waals surface area contributed by atoms with E-state index in [0.717, 1.165) is 16.0 Å². The first-order valence-electron chi connectivity index (χ1n) is 5.88. The molecule has 0 aliphatic rings. The third-order valence-electron chi connectivity index (χ3n) is 2.49. The van der Waals surface area contributed by atoms with E-state index in [0.29, 0.717) is 12.1 Å². The number of hydrogen-bond donors (Lipinski definition) is 1. The summed E-state index contributed by atoms with van der Waals surface area (Å²) in [5, 5.41) is 7.17. The summed E-state index contributed by atoms with van der Waals surface area (Å²) < 4.78 is 0.982. The van der Waals surface area contributed by atoms with E-state index < -0.39 is 0 Å². The fourth-order valence-electron chi connectivity index (χ4n) is 1.50. The number of amides is 1. The van der Waals surface area contributed by atoms with E-state index in [-0.39, 0.29) is 5.91 Å². The molecule has 0 atom stereocenters. The molecule has 0 unspecified atom stereocenters. The van der Waals surface area contributed by atoms with Crippen LogP contribution in [0.3, 0.4) is 0 Å². The second-order valence-corrected chi connectivity index (χ2v) is 6.75. The quantitative estimate of drug-likeness (QED) is 0.787. The Labute approximate surface area is 129 Å². The first-order chi connectivity index (χ1) is 9.25. The largest absolute Gasteiger partial charge is 0.351 e. The Kier molecular flexibility index (Phi) is 5.94. The van der Waals surface area contributed by atoms with Crippen LogP contribution in [-0.4, -0.2) is 18.2 Å². The number of carbonyl (C=O) groups is 1. The summed E-state index contributed by atoms with van der Waals surface area (Å²) in [7, 11) is 0. The fourth-order valence-corrected chi connectivity index (χ4v) is 3.35. The molecule has 0 fully saturated rings. The number of hydrogen-bond acceptors (Lipinski definition) is 3. The molecule has 19 heavy (non-hydrogen) atoms. The van der Waals surface area contributed by atoms with Gasteiger partial charge in [0.25, 0.3) is 5.91 Å². The van der Waals surface area contributed by atoms with Crippen molar-refractivity contribution in [1.82, 2.24) is 5.32 Å². The van der Waals surface area contributed by atoms with Gasteiger partial charge in [0.15, 0.2) is 0 Å². The first kappa shape index (κ1) is 14.6. The van der Waals surface area contributed by atoms with Crippen molar-refractivity contribution in [3.05, 3.63) is 56.7 Å². The van der Waals surface area contributed by atoms with Crippen LogP contribution in [-0.2, 0) is 5.75 Å². The van der Waals surface area contributed by atoms with Crippen LogP contribution in [0, 0.1) is 0 Å². The lowest BCUT2D eigenvalue weighted by Crippen LogP contribution is -2.25. The van der Waals surface area contributed by atoms with Crippen molar-refractivity contribution in [1.29, 1.82) is 0 Å². The van der Waals surface area contributed by atoms with Crippen LogP contribution in [0.25, 0.3) is 0 Å². The summed E-state index contributed by atoms with van der Waals surface area (Å²) in [5.74, 6) is 1.93. The van der Waals surface area contributed by atoms with Crippen LogP contribution in [0.4, 0.5) is 0 Å². The Morgan fingerprint density at radius 1 is 1.26 bits per heavy atom. The van der Waals surface area contributed by atoms with Crippen LogP contribution in [0.2, 0.25) is 0 Å². The molecule has 5 heteroatoms. The van der Waals surface area contributed by atoms with Gasteiger partial charge in [-0.1, -0.05) is 15.9 Å². The molecule has 0 spiro atoms. The van der Waals surface area contributed by atoms with E-state index in [1.807, 2.05) is 36.0 Å². The van der Waals surface area contributed by atoms with E-state index in [4.69, 9.17) is 0 Å². The van der Waals surface area contributed by atoms with Gasteiger partial charge in [-0.25, -0.2) is 0 Å². The topological polar surface area (TPSA) is 29.1 Å². The minimum Gasteiger partial charge on any atom is -0.351 e. The summed E-state index contributed by atoms with van der Waals surface area (Å²) >= 11 is 6.91. The van der Waals surface area contributed by atoms with Crippen molar-refractivity contribution >= 4 is 44.9 Å². The minimum atomic E-state index is -0.0105. The van der Waals surface area contributed by atoms with Gasteiger partial charge in [0.1, 0.15) is 0 Å². The summed E-state index contributed by atoms with van der Waals surface area (Å²) in [5.41, 5.74) is 2.06. The Balaban J connectivity index is 1.65. The molecule has 2 nitrogen and oxygen atoms in total. The Morgan fingerprint density at radius 3 is 2.74 bits per heavy atom. The molecule has 2 aromatic rings. The highest BCUT2D eigenvalue weighted by molar-refractivity contribution is 9.10. The van der Waals surface area contributed by atoms with Crippen molar-refractivity contribution < 1.29 is 4.79 Å². The summed E-state index contributed by atoms with van der Waals surface area (Å²) in [4.78, 5) is 11.8. The zero-order valence-corrected chi connectivity index (χ0v) is 13.5. The number of rotatable bonds is 6. The molecule has 0 aliphatic carbocycles. The summed E-state index contributed by atoms with van der Waals surface area (Å²) in [6, 6.07) is 9.52. The normalized spacial score (nSPS) is 10.4. The van der Waals surface area contributed by atoms with Gasteiger partial charge in [-0.05, 0) is 46.7 Å². The third kappa shape index (κ3) is 5.01. The van der Waals surface area contributed by atoms with Crippen molar-refractivity contribution in [2.24, 2.45) is 0 Å². The molecular formula is C14H14BrNOS2. The summed E-state index contributed by atoms with van der Waals surface area (Å²) in [6.45, 7) is 0.698. The van der Waals surface area contributed by atoms with Crippen LogP contribution < -0.4 is 5.32 Å². The zero-order chi connectivity index (χ0) is 13.5. The SMILES string of the molecule is O=C(NCCSCc1ccsc1)c1ccc(Br)cc1. The highest BCUT2D eigenvalue weighted by Gasteiger charge is 2.03. The molecule has 1 amide bonds. The molecule has 0 saturated heterocycles. The average Bonchev–Trinajstić information content (AvgIpc) is 2.92. The van der Waals surface area contributed by atoms with Gasteiger partial charge < -0.3 is 5.32 Å². The van der Waals surface area contributed by atoms with Crippen molar-refractivity contribution in [3.8, 4) is 0 Å². The van der Waals surface area contributed by atoms with Gasteiger partial charge in [-0.3, -0.25) is 4.79 Å². The van der Waals surface area contributed by atoms with Gasteiger partial charge in [-0.15, -0.1) is 0 Å². The number of benzene rings is 1. The van der Waals surface area contributed by atoms with E-state index in [9.17, 15) is 4.79 Å². The number of thioether (sulfide) groups is 1. The molecule has 1 aromatic heterocycles.